The number of hydrogen-bond donors (Lipinski definition) is 2. The van der Waals surface area contributed by atoms with E-state index in [2.05, 4.69) is 15.6 Å². The number of amides is 2. The number of benzene rings is 1. The van der Waals surface area contributed by atoms with E-state index in [0.717, 1.165) is 56.4 Å². The number of pyridine rings is 1. The number of hydrogen-bond acceptors (Lipinski definition) is 4. The zero-order valence-corrected chi connectivity index (χ0v) is 17.4. The maximum absolute atomic E-state index is 12.7. The normalized spacial score (nSPS) is 21.4. The molecule has 158 valence electrons. The van der Waals surface area contributed by atoms with E-state index in [1.807, 2.05) is 31.2 Å². The lowest BCUT2D eigenvalue weighted by atomic mass is 9.85. The van der Waals surface area contributed by atoms with Crippen LogP contribution in [0.2, 0.25) is 0 Å². The summed E-state index contributed by atoms with van der Waals surface area (Å²) in [6.45, 7) is 1.95. The molecular formula is C24H29N3O3. The molecule has 4 rings (SSSR count). The fourth-order valence-electron chi connectivity index (χ4n) is 4.02. The Balaban J connectivity index is 1.27. The molecule has 0 atom stereocenters. The molecule has 6 heteroatoms. The highest BCUT2D eigenvalue weighted by atomic mass is 16.5. The van der Waals surface area contributed by atoms with E-state index in [0.29, 0.717) is 11.3 Å². The number of aryl methyl sites for hydroxylation is 1. The number of carbonyl (C=O) groups excluding carboxylic acids is 2. The molecule has 6 nitrogen and oxygen atoms in total. The highest BCUT2D eigenvalue weighted by Gasteiger charge is 2.26. The van der Waals surface area contributed by atoms with Crippen molar-refractivity contribution >= 4 is 17.5 Å². The van der Waals surface area contributed by atoms with E-state index in [-0.39, 0.29) is 29.9 Å². The van der Waals surface area contributed by atoms with Crippen LogP contribution in [-0.2, 0) is 4.79 Å². The van der Waals surface area contributed by atoms with Crippen LogP contribution in [0, 0.1) is 12.8 Å². The lowest BCUT2D eigenvalue weighted by Gasteiger charge is -2.29. The number of carbonyl (C=O) groups is 2. The first-order chi connectivity index (χ1) is 14.6. The number of nitrogens with one attached hydrogen (secondary N) is 2. The summed E-state index contributed by atoms with van der Waals surface area (Å²) >= 11 is 0. The van der Waals surface area contributed by atoms with E-state index in [1.165, 1.54) is 0 Å². The predicted molar refractivity (Wildman–Crippen MR) is 116 cm³/mol. The van der Waals surface area contributed by atoms with Crippen LogP contribution >= 0.6 is 0 Å². The Morgan fingerprint density at radius 1 is 1.03 bits per heavy atom. The van der Waals surface area contributed by atoms with Gasteiger partial charge in [0.1, 0.15) is 5.75 Å². The first-order valence-corrected chi connectivity index (χ1v) is 10.9. The second-order valence-corrected chi connectivity index (χ2v) is 8.35. The van der Waals surface area contributed by atoms with Crippen LogP contribution in [0.4, 0.5) is 5.69 Å². The molecule has 2 saturated carbocycles. The number of rotatable bonds is 6. The standard InChI is InChI=1S/C24H29N3O3/c1-16-22(9-4-14-25-16)30-21-12-10-19(11-13-21)26-24(29)18-7-3-8-20(15-18)27-23(28)17-5-2-6-17/h3-4,7-9,14-15,17,19,21H,2,5-6,10-13H2,1H3,(H,26,29)(H,27,28). The molecule has 2 aromatic rings. The average molecular weight is 408 g/mol. The van der Waals surface area contributed by atoms with Crippen LogP contribution in [0.1, 0.15) is 61.0 Å². The molecule has 2 amide bonds. The predicted octanol–water partition coefficient (Wildman–Crippen LogP) is 4.25. The van der Waals surface area contributed by atoms with Crippen molar-refractivity contribution in [2.24, 2.45) is 5.92 Å². The van der Waals surface area contributed by atoms with Gasteiger partial charge in [-0.05, 0) is 75.8 Å². The monoisotopic (exact) mass is 407 g/mol. The van der Waals surface area contributed by atoms with E-state index >= 15 is 0 Å². The maximum atomic E-state index is 12.7. The summed E-state index contributed by atoms with van der Waals surface area (Å²) in [5, 5.41) is 6.07. The van der Waals surface area contributed by atoms with Crippen LogP contribution in [0.15, 0.2) is 42.6 Å². The molecule has 2 aliphatic carbocycles. The van der Waals surface area contributed by atoms with Gasteiger partial charge in [-0.3, -0.25) is 14.6 Å². The Bertz CT molecular complexity index is 902. The third-order valence-electron chi connectivity index (χ3n) is 6.13. The van der Waals surface area contributed by atoms with Gasteiger partial charge in [0.15, 0.2) is 0 Å². The minimum Gasteiger partial charge on any atom is -0.489 e. The highest BCUT2D eigenvalue weighted by Crippen LogP contribution is 2.28. The molecule has 0 spiro atoms. The fourth-order valence-corrected chi connectivity index (χ4v) is 4.02. The summed E-state index contributed by atoms with van der Waals surface area (Å²) in [5.74, 6) is 0.921. The third-order valence-corrected chi connectivity index (χ3v) is 6.13. The van der Waals surface area contributed by atoms with Gasteiger partial charge in [0.05, 0.1) is 11.8 Å². The fraction of sp³-hybridized carbons (Fsp3) is 0.458. The van der Waals surface area contributed by atoms with Crippen LogP contribution in [-0.4, -0.2) is 28.9 Å². The summed E-state index contributed by atoms with van der Waals surface area (Å²) in [6, 6.07) is 11.2. The molecule has 2 N–H and O–H groups in total. The van der Waals surface area contributed by atoms with Crippen molar-refractivity contribution in [3.05, 3.63) is 53.9 Å². The van der Waals surface area contributed by atoms with Gasteiger partial charge in [-0.1, -0.05) is 12.5 Å². The summed E-state index contributed by atoms with van der Waals surface area (Å²) in [4.78, 5) is 29.1. The topological polar surface area (TPSA) is 80.3 Å². The van der Waals surface area contributed by atoms with Gasteiger partial charge < -0.3 is 15.4 Å². The van der Waals surface area contributed by atoms with Crippen molar-refractivity contribution < 1.29 is 14.3 Å². The van der Waals surface area contributed by atoms with Crippen molar-refractivity contribution in [3.8, 4) is 5.75 Å². The minimum absolute atomic E-state index is 0.0565. The minimum atomic E-state index is -0.0952. The van der Waals surface area contributed by atoms with Gasteiger partial charge in [0.2, 0.25) is 5.91 Å². The molecule has 1 heterocycles. The molecule has 0 bridgehead atoms. The van der Waals surface area contributed by atoms with Crippen molar-refractivity contribution in [1.82, 2.24) is 10.3 Å². The maximum Gasteiger partial charge on any atom is 0.251 e. The Labute approximate surface area is 177 Å². The summed E-state index contributed by atoms with van der Waals surface area (Å²) in [5.41, 5.74) is 2.16. The van der Waals surface area contributed by atoms with Gasteiger partial charge in [0.25, 0.3) is 5.91 Å². The van der Waals surface area contributed by atoms with Crippen molar-refractivity contribution in [2.75, 3.05) is 5.32 Å². The molecular weight excluding hydrogens is 378 g/mol. The van der Waals surface area contributed by atoms with Gasteiger partial charge in [-0.2, -0.15) is 0 Å². The number of ether oxygens (including phenoxy) is 1. The quantitative estimate of drug-likeness (QED) is 0.750. The van der Waals surface area contributed by atoms with E-state index < -0.39 is 0 Å². The highest BCUT2D eigenvalue weighted by molar-refractivity contribution is 5.98. The first kappa shape index (κ1) is 20.4. The molecule has 0 aliphatic heterocycles. The Hall–Kier alpha value is -2.89. The third kappa shape index (κ3) is 4.99. The lowest BCUT2D eigenvalue weighted by Crippen LogP contribution is -2.39. The van der Waals surface area contributed by atoms with Crippen LogP contribution < -0.4 is 15.4 Å². The largest absolute Gasteiger partial charge is 0.489 e. The Kier molecular flexibility index (Phi) is 6.31. The first-order valence-electron chi connectivity index (χ1n) is 10.9. The molecule has 1 aromatic heterocycles. The van der Waals surface area contributed by atoms with Gasteiger partial charge in [-0.15, -0.1) is 0 Å². The average Bonchev–Trinajstić information content (AvgIpc) is 2.70. The zero-order chi connectivity index (χ0) is 20.9. The number of anilines is 1. The van der Waals surface area contributed by atoms with Crippen LogP contribution in [0.3, 0.4) is 0 Å². The van der Waals surface area contributed by atoms with Gasteiger partial charge >= 0.3 is 0 Å². The second kappa shape index (κ2) is 9.28. The summed E-state index contributed by atoms with van der Waals surface area (Å²) in [6.07, 6.45) is 8.52. The molecule has 30 heavy (non-hydrogen) atoms. The van der Waals surface area contributed by atoms with Crippen molar-refractivity contribution in [3.63, 3.8) is 0 Å². The van der Waals surface area contributed by atoms with Gasteiger partial charge in [-0.25, -0.2) is 0 Å². The second-order valence-electron chi connectivity index (χ2n) is 8.35. The summed E-state index contributed by atoms with van der Waals surface area (Å²) in [7, 11) is 0. The van der Waals surface area contributed by atoms with Crippen LogP contribution in [0.5, 0.6) is 5.75 Å². The molecule has 0 unspecified atom stereocenters. The lowest BCUT2D eigenvalue weighted by molar-refractivity contribution is -0.122. The van der Waals surface area contributed by atoms with Crippen LogP contribution in [0.25, 0.3) is 0 Å². The molecule has 1 aromatic carbocycles. The van der Waals surface area contributed by atoms with Crippen molar-refractivity contribution in [2.45, 2.75) is 64.0 Å². The molecule has 0 saturated heterocycles. The number of aromatic nitrogens is 1. The number of nitrogens with zero attached hydrogens (tertiary/aromatic N) is 1. The Morgan fingerprint density at radius 2 is 1.83 bits per heavy atom. The van der Waals surface area contributed by atoms with E-state index in [9.17, 15) is 9.59 Å². The van der Waals surface area contributed by atoms with Crippen molar-refractivity contribution in [1.29, 1.82) is 0 Å². The zero-order valence-electron chi connectivity index (χ0n) is 17.4. The summed E-state index contributed by atoms with van der Waals surface area (Å²) < 4.78 is 6.09. The SMILES string of the molecule is Cc1ncccc1OC1CCC(NC(=O)c2cccc(NC(=O)C3CCC3)c2)CC1. The Morgan fingerprint density at radius 3 is 2.53 bits per heavy atom. The smallest absolute Gasteiger partial charge is 0.251 e. The molecule has 2 fully saturated rings. The van der Waals surface area contributed by atoms with E-state index in [4.69, 9.17) is 4.74 Å². The molecule has 0 radical (unpaired) electrons. The van der Waals surface area contributed by atoms with Gasteiger partial charge in [0, 0.05) is 29.4 Å². The molecule has 2 aliphatic rings. The van der Waals surface area contributed by atoms with E-state index in [1.54, 1.807) is 18.3 Å².